The normalized spacial score (nSPS) is 14.4. The molecule has 0 unspecified atom stereocenters. The van der Waals surface area contributed by atoms with Gasteiger partial charge >= 0.3 is 35.8 Å². The zero-order chi connectivity index (χ0) is 26.7. The molecule has 14 heteroatoms. The molecule has 0 spiro atoms. The van der Waals surface area contributed by atoms with E-state index in [2.05, 4.69) is 4.98 Å². The van der Waals surface area contributed by atoms with Gasteiger partial charge in [0.1, 0.15) is 0 Å². The fourth-order valence-electron chi connectivity index (χ4n) is 3.14. The van der Waals surface area contributed by atoms with Gasteiger partial charge in [0.05, 0.1) is 5.69 Å². The van der Waals surface area contributed by atoms with Gasteiger partial charge in [-0.05, 0) is 11.5 Å². The van der Waals surface area contributed by atoms with E-state index in [1.54, 1.807) is 30.3 Å². The molecular weight excluding hydrogens is 513 g/mol. The first-order chi connectivity index (χ1) is 15.8. The van der Waals surface area contributed by atoms with Crippen molar-refractivity contribution in [2.75, 3.05) is 0 Å². The minimum absolute atomic E-state index is 0.00892. The van der Waals surface area contributed by atoms with Crippen LogP contribution in [-0.2, 0) is 5.92 Å². The second-order valence-electron chi connectivity index (χ2n) is 7.33. The molecule has 1 heterocycles. The van der Waals surface area contributed by atoms with Gasteiger partial charge in [-0.15, -0.1) is 0 Å². The molecule has 0 fully saturated rings. The topological polar surface area (TPSA) is 12.9 Å². The van der Waals surface area contributed by atoms with Crippen LogP contribution in [0, 0.1) is 0 Å². The molecule has 0 atom stereocenters. The standard InChI is InChI=1S/C21H10F13N/c22-16(23,17(24,25)18(26,27)19(28,29)20(30,31)21(32,33)34)13-7-5-12(6-8-13)15-14-4-2-1-3-11(14)9-10-35-15/h1-10H. The monoisotopic (exact) mass is 523 g/mol. The molecule has 0 N–H and O–H groups in total. The van der Waals surface area contributed by atoms with Crippen molar-refractivity contribution in [2.24, 2.45) is 0 Å². The molecule has 0 aliphatic rings. The first-order valence-corrected chi connectivity index (χ1v) is 9.21. The number of benzene rings is 2. The summed E-state index contributed by atoms with van der Waals surface area (Å²) in [5.41, 5.74) is -1.92. The van der Waals surface area contributed by atoms with Crippen LogP contribution in [-0.4, -0.2) is 34.9 Å². The minimum atomic E-state index is -7.93. The van der Waals surface area contributed by atoms with E-state index in [1.165, 1.54) is 6.20 Å². The SMILES string of the molecule is FC(F)(F)C(F)(F)C(F)(F)C(F)(F)C(F)(F)C(F)(F)c1ccc(-c2nccc3ccccc23)cc1. The Balaban J connectivity index is 2.05. The number of hydrogen-bond acceptors (Lipinski definition) is 1. The summed E-state index contributed by atoms with van der Waals surface area (Å²) in [6.07, 6.45) is -6.14. The lowest BCUT2D eigenvalue weighted by Crippen LogP contribution is -2.69. The van der Waals surface area contributed by atoms with Crippen LogP contribution in [0.2, 0.25) is 0 Å². The van der Waals surface area contributed by atoms with Crippen molar-refractivity contribution >= 4 is 10.8 Å². The zero-order valence-electron chi connectivity index (χ0n) is 16.6. The molecule has 0 aliphatic carbocycles. The molecule has 2 aromatic carbocycles. The van der Waals surface area contributed by atoms with Gasteiger partial charge in [-0.3, -0.25) is 4.98 Å². The van der Waals surface area contributed by atoms with E-state index in [4.69, 9.17) is 0 Å². The summed E-state index contributed by atoms with van der Waals surface area (Å²) >= 11 is 0. The van der Waals surface area contributed by atoms with Gasteiger partial charge in [0.2, 0.25) is 0 Å². The highest BCUT2D eigenvalue weighted by Crippen LogP contribution is 2.62. The van der Waals surface area contributed by atoms with Crippen molar-refractivity contribution in [3.63, 3.8) is 0 Å². The maximum atomic E-state index is 14.3. The Kier molecular flexibility index (Phi) is 6.05. The molecule has 35 heavy (non-hydrogen) atoms. The summed E-state index contributed by atoms with van der Waals surface area (Å²) in [6, 6.07) is 9.60. The number of rotatable bonds is 6. The second kappa shape index (κ2) is 7.98. The van der Waals surface area contributed by atoms with Crippen LogP contribution in [0.15, 0.2) is 60.8 Å². The quantitative estimate of drug-likeness (QED) is 0.298. The highest BCUT2D eigenvalue weighted by Gasteiger charge is 2.90. The predicted octanol–water partition coefficient (Wildman–Crippen LogP) is 8.10. The number of pyridine rings is 1. The Morgan fingerprint density at radius 3 is 1.57 bits per heavy atom. The van der Waals surface area contributed by atoms with E-state index in [-0.39, 0.29) is 23.4 Å². The fourth-order valence-corrected chi connectivity index (χ4v) is 3.14. The molecule has 0 saturated carbocycles. The minimum Gasteiger partial charge on any atom is -0.256 e. The number of hydrogen-bond donors (Lipinski definition) is 0. The van der Waals surface area contributed by atoms with Crippen LogP contribution >= 0.6 is 0 Å². The van der Waals surface area contributed by atoms with Crippen molar-refractivity contribution in [1.82, 2.24) is 4.98 Å². The summed E-state index contributed by atoms with van der Waals surface area (Å²) in [4.78, 5) is 3.99. The van der Waals surface area contributed by atoms with Crippen molar-refractivity contribution in [3.05, 3.63) is 66.4 Å². The van der Waals surface area contributed by atoms with Gasteiger partial charge in [-0.2, -0.15) is 57.1 Å². The molecule has 3 rings (SSSR count). The van der Waals surface area contributed by atoms with E-state index in [0.717, 1.165) is 0 Å². The van der Waals surface area contributed by atoms with Crippen molar-refractivity contribution in [3.8, 4) is 11.3 Å². The average molecular weight is 523 g/mol. The highest BCUT2D eigenvalue weighted by molar-refractivity contribution is 5.94. The van der Waals surface area contributed by atoms with Gasteiger partial charge in [-0.25, -0.2) is 0 Å². The summed E-state index contributed by atoms with van der Waals surface area (Å²) < 4.78 is 173. The van der Waals surface area contributed by atoms with Crippen LogP contribution in [0.1, 0.15) is 5.56 Å². The lowest BCUT2D eigenvalue weighted by atomic mass is 9.90. The van der Waals surface area contributed by atoms with E-state index in [0.29, 0.717) is 22.9 Å². The molecule has 0 bridgehead atoms. The number of alkyl halides is 13. The van der Waals surface area contributed by atoms with E-state index in [1.807, 2.05) is 0 Å². The van der Waals surface area contributed by atoms with Crippen molar-refractivity contribution in [1.29, 1.82) is 0 Å². The third-order valence-electron chi connectivity index (χ3n) is 5.13. The van der Waals surface area contributed by atoms with E-state index >= 15 is 0 Å². The van der Waals surface area contributed by atoms with Crippen molar-refractivity contribution in [2.45, 2.75) is 35.8 Å². The Labute approximate surface area is 187 Å². The van der Waals surface area contributed by atoms with Gasteiger partial charge in [0, 0.05) is 22.7 Å². The van der Waals surface area contributed by atoms with Crippen LogP contribution < -0.4 is 0 Å². The van der Waals surface area contributed by atoms with Gasteiger partial charge in [0.15, 0.2) is 0 Å². The molecule has 1 nitrogen and oxygen atoms in total. The van der Waals surface area contributed by atoms with Crippen LogP contribution in [0.25, 0.3) is 22.0 Å². The number of nitrogens with zero attached hydrogens (tertiary/aromatic N) is 1. The molecule has 0 saturated heterocycles. The van der Waals surface area contributed by atoms with Crippen LogP contribution in [0.4, 0.5) is 57.1 Å². The fraction of sp³-hybridized carbons (Fsp3) is 0.286. The van der Waals surface area contributed by atoms with Crippen LogP contribution in [0.5, 0.6) is 0 Å². The van der Waals surface area contributed by atoms with Gasteiger partial charge in [0.25, 0.3) is 0 Å². The molecule has 0 aliphatic heterocycles. The average Bonchev–Trinajstić information content (AvgIpc) is 2.77. The molecule has 0 radical (unpaired) electrons. The lowest BCUT2D eigenvalue weighted by Gasteiger charge is -2.39. The Morgan fingerprint density at radius 1 is 0.514 bits per heavy atom. The van der Waals surface area contributed by atoms with Gasteiger partial charge < -0.3 is 0 Å². The van der Waals surface area contributed by atoms with E-state index < -0.39 is 41.4 Å². The first kappa shape index (κ1) is 26.5. The molecule has 0 amide bonds. The molecule has 3 aromatic rings. The predicted molar refractivity (Wildman–Crippen MR) is 96.9 cm³/mol. The third-order valence-corrected chi connectivity index (χ3v) is 5.13. The summed E-state index contributed by atoms with van der Waals surface area (Å²) in [7, 11) is 0. The Bertz CT molecular complexity index is 1210. The highest BCUT2D eigenvalue weighted by atomic mass is 19.4. The van der Waals surface area contributed by atoms with Crippen LogP contribution in [0.3, 0.4) is 0 Å². The number of aromatic nitrogens is 1. The number of fused-ring (bicyclic) bond motifs is 1. The maximum Gasteiger partial charge on any atom is 0.460 e. The van der Waals surface area contributed by atoms with Gasteiger partial charge in [-0.1, -0.05) is 48.5 Å². The first-order valence-electron chi connectivity index (χ1n) is 9.21. The van der Waals surface area contributed by atoms with E-state index in [9.17, 15) is 57.1 Å². The van der Waals surface area contributed by atoms with Crippen molar-refractivity contribution < 1.29 is 57.1 Å². The second-order valence-corrected chi connectivity index (χ2v) is 7.33. The number of halogens is 13. The lowest BCUT2D eigenvalue weighted by molar-refractivity contribution is -0.441. The molecular formula is C21H10F13N. The summed E-state index contributed by atoms with van der Waals surface area (Å²) in [5.74, 6) is -37.2. The maximum absolute atomic E-state index is 14.3. The zero-order valence-corrected chi connectivity index (χ0v) is 16.6. The Morgan fingerprint density at radius 2 is 1.03 bits per heavy atom. The third kappa shape index (κ3) is 3.77. The molecule has 190 valence electrons. The Hall–Kier alpha value is -3.06. The molecule has 1 aromatic heterocycles. The largest absolute Gasteiger partial charge is 0.460 e. The summed E-state index contributed by atoms with van der Waals surface area (Å²) in [5, 5.41) is 1.08. The smallest absolute Gasteiger partial charge is 0.256 e. The summed E-state index contributed by atoms with van der Waals surface area (Å²) in [6.45, 7) is 0.